The molecule has 0 spiro atoms. The molecule has 0 radical (unpaired) electrons. The summed E-state index contributed by atoms with van der Waals surface area (Å²) in [7, 11) is 0. The monoisotopic (exact) mass is 205 g/mol. The van der Waals surface area contributed by atoms with Crippen LogP contribution in [0.1, 0.15) is 25.1 Å². The molecule has 1 aliphatic carbocycles. The highest BCUT2D eigenvalue weighted by Gasteiger charge is 2.37. The lowest BCUT2D eigenvalue weighted by atomic mass is 9.77. The Hall–Kier alpha value is -1.00. The molecule has 2 aromatic rings. The number of hydrogen-bond donors (Lipinski definition) is 1. The molecule has 1 fully saturated rings. The summed E-state index contributed by atoms with van der Waals surface area (Å²) in [6.45, 7) is 0. The first kappa shape index (κ1) is 8.32. The quantitative estimate of drug-likeness (QED) is 0.775. The predicted molar refractivity (Wildman–Crippen MR) is 57.1 cm³/mol. The van der Waals surface area contributed by atoms with Gasteiger partial charge in [-0.1, -0.05) is 0 Å². The van der Waals surface area contributed by atoms with Crippen LogP contribution in [-0.4, -0.2) is 9.97 Å². The van der Waals surface area contributed by atoms with Crippen molar-refractivity contribution in [2.75, 3.05) is 0 Å². The second-order valence-corrected chi connectivity index (χ2v) is 4.82. The van der Waals surface area contributed by atoms with Crippen LogP contribution in [-0.2, 0) is 5.54 Å². The fourth-order valence-corrected chi connectivity index (χ4v) is 2.48. The van der Waals surface area contributed by atoms with Crippen molar-refractivity contribution in [2.24, 2.45) is 5.73 Å². The molecule has 3 rings (SSSR count). The van der Waals surface area contributed by atoms with Crippen LogP contribution >= 0.6 is 11.3 Å². The summed E-state index contributed by atoms with van der Waals surface area (Å²) in [6, 6.07) is 2.02. The number of nitrogens with zero attached hydrogens (tertiary/aromatic N) is 2. The molecule has 1 saturated carbocycles. The van der Waals surface area contributed by atoms with E-state index in [1.807, 2.05) is 17.6 Å². The molecular formula is C10H11N3S. The van der Waals surface area contributed by atoms with Crippen LogP contribution < -0.4 is 5.73 Å². The lowest BCUT2D eigenvalue weighted by molar-refractivity contribution is 0.239. The third-order valence-corrected chi connectivity index (χ3v) is 3.74. The molecule has 0 atom stereocenters. The third kappa shape index (κ3) is 1.07. The van der Waals surface area contributed by atoms with Gasteiger partial charge in [-0.3, -0.25) is 0 Å². The molecule has 4 heteroatoms. The molecule has 2 N–H and O–H groups in total. The van der Waals surface area contributed by atoms with Crippen LogP contribution in [0.3, 0.4) is 0 Å². The van der Waals surface area contributed by atoms with Gasteiger partial charge in [-0.2, -0.15) is 0 Å². The van der Waals surface area contributed by atoms with E-state index in [-0.39, 0.29) is 5.54 Å². The van der Waals surface area contributed by atoms with Gasteiger partial charge in [-0.25, -0.2) is 9.97 Å². The first-order chi connectivity index (χ1) is 6.78. The van der Waals surface area contributed by atoms with Gasteiger partial charge in [0.2, 0.25) is 0 Å². The van der Waals surface area contributed by atoms with Gasteiger partial charge in [-0.15, -0.1) is 11.3 Å². The van der Waals surface area contributed by atoms with Crippen molar-refractivity contribution >= 4 is 21.6 Å². The number of hydrogen-bond acceptors (Lipinski definition) is 4. The molecule has 0 amide bonds. The first-order valence-electron chi connectivity index (χ1n) is 4.78. The molecule has 14 heavy (non-hydrogen) atoms. The fraction of sp³-hybridized carbons (Fsp3) is 0.400. The van der Waals surface area contributed by atoms with Crippen LogP contribution in [0.4, 0.5) is 0 Å². The van der Waals surface area contributed by atoms with Crippen molar-refractivity contribution < 1.29 is 0 Å². The van der Waals surface area contributed by atoms with Gasteiger partial charge in [0, 0.05) is 6.20 Å². The van der Waals surface area contributed by atoms with Crippen molar-refractivity contribution in [1.29, 1.82) is 0 Å². The molecule has 1 aliphatic rings. The predicted octanol–water partition coefficient (Wildman–Crippen LogP) is 2.03. The molecule has 0 saturated heterocycles. The van der Waals surface area contributed by atoms with Gasteiger partial charge < -0.3 is 5.73 Å². The molecule has 0 aliphatic heterocycles. The average Bonchev–Trinajstić information content (AvgIpc) is 2.60. The van der Waals surface area contributed by atoms with Crippen LogP contribution in [0, 0.1) is 0 Å². The van der Waals surface area contributed by atoms with E-state index in [4.69, 9.17) is 5.73 Å². The summed E-state index contributed by atoms with van der Waals surface area (Å²) in [5.74, 6) is 0.814. The van der Waals surface area contributed by atoms with Gasteiger partial charge in [-0.05, 0) is 30.7 Å². The Morgan fingerprint density at radius 3 is 3.00 bits per heavy atom. The van der Waals surface area contributed by atoms with E-state index >= 15 is 0 Å². The number of rotatable bonds is 1. The zero-order valence-corrected chi connectivity index (χ0v) is 8.55. The van der Waals surface area contributed by atoms with Crippen molar-refractivity contribution in [3.63, 3.8) is 0 Å². The van der Waals surface area contributed by atoms with Crippen molar-refractivity contribution in [2.45, 2.75) is 24.8 Å². The molecular weight excluding hydrogens is 194 g/mol. The Balaban J connectivity index is 2.13. The number of nitrogens with two attached hydrogens (primary N) is 1. The minimum Gasteiger partial charge on any atom is -0.319 e. The van der Waals surface area contributed by atoms with E-state index in [1.165, 1.54) is 6.42 Å². The van der Waals surface area contributed by atoms with Crippen LogP contribution in [0.2, 0.25) is 0 Å². The zero-order valence-electron chi connectivity index (χ0n) is 7.73. The smallest absolute Gasteiger partial charge is 0.148 e. The Morgan fingerprint density at radius 2 is 2.29 bits per heavy atom. The van der Waals surface area contributed by atoms with E-state index in [2.05, 4.69) is 9.97 Å². The van der Waals surface area contributed by atoms with Crippen LogP contribution in [0.15, 0.2) is 17.6 Å². The zero-order chi connectivity index (χ0) is 9.60. The second-order valence-electron chi connectivity index (χ2n) is 3.87. The van der Waals surface area contributed by atoms with Gasteiger partial charge in [0.15, 0.2) is 0 Å². The summed E-state index contributed by atoms with van der Waals surface area (Å²) < 4.78 is 1.14. The number of fused-ring (bicyclic) bond motifs is 1. The first-order valence-corrected chi connectivity index (χ1v) is 5.65. The summed E-state index contributed by atoms with van der Waals surface area (Å²) >= 11 is 1.67. The van der Waals surface area contributed by atoms with Gasteiger partial charge in [0.25, 0.3) is 0 Å². The highest BCUT2D eigenvalue weighted by molar-refractivity contribution is 7.17. The molecule has 0 unspecified atom stereocenters. The SMILES string of the molecule is NC1(c2ncc3sccc3n2)CCC1. The van der Waals surface area contributed by atoms with Gasteiger partial charge in [0.1, 0.15) is 5.82 Å². The summed E-state index contributed by atoms with van der Waals surface area (Å²) in [5, 5.41) is 2.03. The minimum atomic E-state index is -0.240. The average molecular weight is 205 g/mol. The summed E-state index contributed by atoms with van der Waals surface area (Å²) in [4.78, 5) is 8.85. The maximum atomic E-state index is 6.16. The normalized spacial score (nSPS) is 19.5. The lowest BCUT2D eigenvalue weighted by Gasteiger charge is -2.36. The van der Waals surface area contributed by atoms with Crippen LogP contribution in [0.25, 0.3) is 10.2 Å². The van der Waals surface area contributed by atoms with Crippen molar-refractivity contribution in [1.82, 2.24) is 9.97 Å². The van der Waals surface area contributed by atoms with E-state index < -0.39 is 0 Å². The lowest BCUT2D eigenvalue weighted by Crippen LogP contribution is -2.44. The van der Waals surface area contributed by atoms with Gasteiger partial charge in [0.05, 0.1) is 15.8 Å². The summed E-state index contributed by atoms with van der Waals surface area (Å²) in [5.41, 5.74) is 6.95. The Morgan fingerprint density at radius 1 is 1.43 bits per heavy atom. The van der Waals surface area contributed by atoms with E-state index in [0.29, 0.717) is 0 Å². The molecule has 3 nitrogen and oxygen atoms in total. The third-order valence-electron chi connectivity index (χ3n) is 2.89. The maximum absolute atomic E-state index is 6.16. The highest BCUT2D eigenvalue weighted by atomic mass is 32.1. The molecule has 0 bridgehead atoms. The van der Waals surface area contributed by atoms with Crippen molar-refractivity contribution in [3.05, 3.63) is 23.5 Å². The van der Waals surface area contributed by atoms with E-state index in [9.17, 15) is 0 Å². The molecule has 0 aromatic carbocycles. The topological polar surface area (TPSA) is 51.8 Å². The van der Waals surface area contributed by atoms with Crippen molar-refractivity contribution in [3.8, 4) is 0 Å². The summed E-state index contributed by atoms with van der Waals surface area (Å²) in [6.07, 6.45) is 5.11. The Labute approximate surface area is 86.0 Å². The fourth-order valence-electron chi connectivity index (χ4n) is 1.79. The van der Waals surface area contributed by atoms with E-state index in [1.54, 1.807) is 11.3 Å². The standard InChI is InChI=1S/C10H11N3S/c11-10(3-1-4-10)9-12-6-8-7(13-9)2-5-14-8/h2,5-6H,1,3-4,11H2. The maximum Gasteiger partial charge on any atom is 0.148 e. The molecule has 2 aromatic heterocycles. The second kappa shape index (κ2) is 2.74. The molecule has 72 valence electrons. The number of aromatic nitrogens is 2. The van der Waals surface area contributed by atoms with Gasteiger partial charge >= 0.3 is 0 Å². The number of thiophene rings is 1. The minimum absolute atomic E-state index is 0.240. The highest BCUT2D eigenvalue weighted by Crippen LogP contribution is 2.37. The molecule has 2 heterocycles. The van der Waals surface area contributed by atoms with Crippen LogP contribution in [0.5, 0.6) is 0 Å². The largest absolute Gasteiger partial charge is 0.319 e. The van der Waals surface area contributed by atoms with E-state index in [0.717, 1.165) is 28.9 Å². The Bertz CT molecular complexity index is 473. The Kier molecular flexibility index (Phi) is 1.63.